The Morgan fingerprint density at radius 1 is 1.08 bits per heavy atom. The molecular formula is C18H35N3O3S. The maximum Gasteiger partial charge on any atom is 0.243 e. The van der Waals surface area contributed by atoms with Crippen LogP contribution in [0.5, 0.6) is 0 Å². The minimum absolute atomic E-state index is 0.0315. The molecule has 0 radical (unpaired) electrons. The number of hydrogen-bond donors (Lipinski definition) is 3. The van der Waals surface area contributed by atoms with Crippen molar-refractivity contribution in [2.75, 3.05) is 32.9 Å². The lowest BCUT2D eigenvalue weighted by molar-refractivity contribution is -0.141. The third-order valence-electron chi connectivity index (χ3n) is 4.10. The van der Waals surface area contributed by atoms with Crippen LogP contribution in [0.4, 0.5) is 0 Å². The van der Waals surface area contributed by atoms with E-state index in [1.54, 1.807) is 14.1 Å². The van der Waals surface area contributed by atoms with Crippen molar-refractivity contribution in [3.63, 3.8) is 0 Å². The van der Waals surface area contributed by atoms with Crippen molar-refractivity contribution in [1.29, 1.82) is 0 Å². The molecule has 0 aliphatic rings. The lowest BCUT2D eigenvalue weighted by Crippen LogP contribution is -2.50. The van der Waals surface area contributed by atoms with Crippen LogP contribution in [-0.2, 0) is 14.4 Å². The summed E-state index contributed by atoms with van der Waals surface area (Å²) in [6, 6.07) is -0.763. The number of carbonyl (C=O) groups excluding carboxylic acids is 3. The van der Waals surface area contributed by atoms with Crippen molar-refractivity contribution < 1.29 is 14.4 Å². The molecule has 1 unspecified atom stereocenters. The molecule has 0 rings (SSSR count). The first-order valence-electron chi connectivity index (χ1n) is 8.97. The van der Waals surface area contributed by atoms with E-state index in [4.69, 9.17) is 0 Å². The van der Waals surface area contributed by atoms with E-state index in [1.165, 1.54) is 4.90 Å². The predicted octanol–water partition coefficient (Wildman–Crippen LogP) is 1.64. The maximum atomic E-state index is 12.5. The van der Waals surface area contributed by atoms with Crippen molar-refractivity contribution in [3.05, 3.63) is 0 Å². The van der Waals surface area contributed by atoms with Crippen LogP contribution in [0.25, 0.3) is 0 Å². The van der Waals surface area contributed by atoms with E-state index >= 15 is 0 Å². The Balaban J connectivity index is 4.92. The Morgan fingerprint density at radius 2 is 1.72 bits per heavy atom. The SMILES string of the molecule is CNCCNC(=O)C(CC(=O)C(C)(C)C)N(C)C(=O)CCCCCS. The second-order valence-electron chi connectivity index (χ2n) is 7.33. The molecule has 2 N–H and O–H groups in total. The molecule has 2 amide bonds. The van der Waals surface area contributed by atoms with Gasteiger partial charge < -0.3 is 15.5 Å². The number of carbonyl (C=O) groups is 3. The van der Waals surface area contributed by atoms with Gasteiger partial charge in [-0.1, -0.05) is 27.2 Å². The van der Waals surface area contributed by atoms with E-state index in [1.807, 2.05) is 20.8 Å². The fourth-order valence-electron chi connectivity index (χ4n) is 2.23. The summed E-state index contributed by atoms with van der Waals surface area (Å²) in [6.45, 7) is 6.56. The predicted molar refractivity (Wildman–Crippen MR) is 105 cm³/mol. The average molecular weight is 374 g/mol. The average Bonchev–Trinajstić information content (AvgIpc) is 2.54. The molecule has 0 aromatic rings. The first-order valence-corrected chi connectivity index (χ1v) is 9.60. The molecule has 0 aromatic carbocycles. The van der Waals surface area contributed by atoms with Gasteiger partial charge in [0.2, 0.25) is 11.8 Å². The Morgan fingerprint density at radius 3 is 2.24 bits per heavy atom. The summed E-state index contributed by atoms with van der Waals surface area (Å²) in [6.07, 6.45) is 3.09. The highest BCUT2D eigenvalue weighted by Crippen LogP contribution is 2.20. The van der Waals surface area contributed by atoms with E-state index < -0.39 is 11.5 Å². The van der Waals surface area contributed by atoms with Gasteiger partial charge in [0.05, 0.1) is 0 Å². The first-order chi connectivity index (χ1) is 11.6. The summed E-state index contributed by atoms with van der Waals surface area (Å²) in [5, 5.41) is 5.75. The molecule has 7 heteroatoms. The molecule has 0 saturated heterocycles. The molecular weight excluding hydrogens is 338 g/mol. The van der Waals surface area contributed by atoms with Crippen molar-refractivity contribution in [2.45, 2.75) is 58.9 Å². The number of nitrogens with zero attached hydrogens (tertiary/aromatic N) is 1. The van der Waals surface area contributed by atoms with Gasteiger partial charge in [-0.2, -0.15) is 12.6 Å². The van der Waals surface area contributed by atoms with Crippen molar-refractivity contribution in [1.82, 2.24) is 15.5 Å². The Bertz CT molecular complexity index is 436. The molecule has 25 heavy (non-hydrogen) atoms. The zero-order valence-corrected chi connectivity index (χ0v) is 17.2. The quantitative estimate of drug-likeness (QED) is 0.359. The van der Waals surface area contributed by atoms with Crippen LogP contribution in [-0.4, -0.2) is 61.5 Å². The fraction of sp³-hybridized carbons (Fsp3) is 0.833. The summed E-state index contributed by atoms with van der Waals surface area (Å²) >= 11 is 4.16. The summed E-state index contributed by atoms with van der Waals surface area (Å²) in [5.74, 6) is 0.394. The number of rotatable bonds is 12. The molecule has 1 atom stereocenters. The Labute approximate surface area is 157 Å². The molecule has 0 heterocycles. The van der Waals surface area contributed by atoms with Crippen LogP contribution in [0.2, 0.25) is 0 Å². The van der Waals surface area contributed by atoms with Crippen molar-refractivity contribution in [3.8, 4) is 0 Å². The van der Waals surface area contributed by atoms with E-state index in [0.717, 1.165) is 25.0 Å². The van der Waals surface area contributed by atoms with E-state index in [9.17, 15) is 14.4 Å². The largest absolute Gasteiger partial charge is 0.353 e. The standard InChI is InChI=1S/C18H35N3O3S/c1-18(2,3)15(22)13-14(17(24)20-11-10-19-4)21(5)16(23)9-7-6-8-12-25/h14,19,25H,6-13H2,1-5H3,(H,20,24). The van der Waals surface area contributed by atoms with E-state index in [0.29, 0.717) is 19.5 Å². The Kier molecular flexibility index (Phi) is 11.8. The summed E-state index contributed by atoms with van der Waals surface area (Å²) in [7, 11) is 3.41. The second-order valence-corrected chi connectivity index (χ2v) is 7.77. The van der Waals surface area contributed by atoms with Gasteiger partial charge in [0.25, 0.3) is 0 Å². The molecule has 0 saturated carbocycles. The zero-order chi connectivity index (χ0) is 19.5. The summed E-state index contributed by atoms with van der Waals surface area (Å²) in [4.78, 5) is 38.8. The number of unbranched alkanes of at least 4 members (excludes halogenated alkanes) is 2. The lowest BCUT2D eigenvalue weighted by Gasteiger charge is -2.29. The molecule has 0 aliphatic carbocycles. The van der Waals surface area contributed by atoms with E-state index in [2.05, 4.69) is 23.3 Å². The zero-order valence-electron chi connectivity index (χ0n) is 16.4. The smallest absolute Gasteiger partial charge is 0.243 e. The highest BCUT2D eigenvalue weighted by atomic mass is 32.1. The van der Waals surface area contributed by atoms with Gasteiger partial charge in [-0.15, -0.1) is 0 Å². The number of amides is 2. The minimum Gasteiger partial charge on any atom is -0.353 e. The number of likely N-dealkylation sites (N-methyl/N-ethyl adjacent to an activating group) is 2. The number of Topliss-reactive ketones (excluding diaryl/α,β-unsaturated/α-hetero) is 1. The number of ketones is 1. The van der Waals surface area contributed by atoms with Crippen LogP contribution < -0.4 is 10.6 Å². The second kappa shape index (κ2) is 12.3. The number of hydrogen-bond acceptors (Lipinski definition) is 5. The molecule has 0 bridgehead atoms. The topological polar surface area (TPSA) is 78.5 Å². The maximum absolute atomic E-state index is 12.5. The van der Waals surface area contributed by atoms with Gasteiger partial charge >= 0.3 is 0 Å². The van der Waals surface area contributed by atoms with Crippen LogP contribution >= 0.6 is 12.6 Å². The fourth-order valence-corrected chi connectivity index (χ4v) is 2.45. The molecule has 0 aromatic heterocycles. The lowest BCUT2D eigenvalue weighted by atomic mass is 9.86. The van der Waals surface area contributed by atoms with E-state index in [-0.39, 0.29) is 24.0 Å². The van der Waals surface area contributed by atoms with Crippen LogP contribution in [0.1, 0.15) is 52.9 Å². The summed E-state index contributed by atoms with van der Waals surface area (Å²) < 4.78 is 0. The molecule has 6 nitrogen and oxygen atoms in total. The van der Waals surface area contributed by atoms with Gasteiger partial charge in [0.1, 0.15) is 11.8 Å². The van der Waals surface area contributed by atoms with Gasteiger partial charge in [0, 0.05) is 38.4 Å². The van der Waals surface area contributed by atoms with Crippen molar-refractivity contribution in [2.24, 2.45) is 5.41 Å². The number of nitrogens with one attached hydrogen (secondary N) is 2. The van der Waals surface area contributed by atoms with Gasteiger partial charge in [0.15, 0.2) is 0 Å². The van der Waals surface area contributed by atoms with Crippen molar-refractivity contribution >= 4 is 30.2 Å². The Hall–Kier alpha value is -1.08. The van der Waals surface area contributed by atoms with Crippen LogP contribution in [0, 0.1) is 5.41 Å². The van der Waals surface area contributed by atoms with Crippen LogP contribution in [0.15, 0.2) is 0 Å². The summed E-state index contributed by atoms with van der Waals surface area (Å²) in [5.41, 5.74) is -0.542. The highest BCUT2D eigenvalue weighted by molar-refractivity contribution is 7.80. The number of thiol groups is 1. The first kappa shape index (κ1) is 23.9. The highest BCUT2D eigenvalue weighted by Gasteiger charge is 2.32. The minimum atomic E-state index is -0.763. The van der Waals surface area contributed by atoms with Gasteiger partial charge in [-0.05, 0) is 25.6 Å². The molecule has 0 aliphatic heterocycles. The van der Waals surface area contributed by atoms with Crippen LogP contribution in [0.3, 0.4) is 0 Å². The molecule has 146 valence electrons. The normalized spacial score (nSPS) is 12.6. The van der Waals surface area contributed by atoms with Gasteiger partial charge in [-0.3, -0.25) is 14.4 Å². The third kappa shape index (κ3) is 9.84. The molecule has 0 fully saturated rings. The monoisotopic (exact) mass is 373 g/mol. The molecule has 0 spiro atoms. The van der Waals surface area contributed by atoms with Gasteiger partial charge in [-0.25, -0.2) is 0 Å². The third-order valence-corrected chi connectivity index (χ3v) is 4.42.